The fourth-order valence-corrected chi connectivity index (χ4v) is 2.28. The number of rotatable bonds is 4. The molecule has 1 aliphatic carbocycles. The Morgan fingerprint density at radius 3 is 2.24 bits per heavy atom. The van der Waals surface area contributed by atoms with Gasteiger partial charge in [-0.3, -0.25) is 4.79 Å². The van der Waals surface area contributed by atoms with Crippen molar-refractivity contribution < 1.29 is 14.3 Å². The summed E-state index contributed by atoms with van der Waals surface area (Å²) in [6.07, 6.45) is 6.92. The number of Topliss-reactive ketones (excluding diaryl/α,β-unsaturated/α-hetero) is 1. The van der Waals surface area contributed by atoms with Gasteiger partial charge in [0, 0.05) is 5.92 Å². The molecule has 0 amide bonds. The minimum atomic E-state index is -0.491. The maximum absolute atomic E-state index is 12.3. The highest BCUT2D eigenvalue weighted by molar-refractivity contribution is 6.18. The van der Waals surface area contributed by atoms with Gasteiger partial charge in [-0.2, -0.15) is 0 Å². The normalized spacial score (nSPS) is 18.2. The van der Waals surface area contributed by atoms with E-state index in [0.29, 0.717) is 0 Å². The van der Waals surface area contributed by atoms with Gasteiger partial charge in [0.25, 0.3) is 0 Å². The van der Waals surface area contributed by atoms with E-state index in [1.54, 1.807) is 6.08 Å². The van der Waals surface area contributed by atoms with Crippen molar-refractivity contribution in [3.8, 4) is 0 Å². The fourth-order valence-electron chi connectivity index (χ4n) is 2.28. The molecule has 0 aromatic carbocycles. The topological polar surface area (TPSA) is 43.4 Å². The predicted octanol–water partition coefficient (Wildman–Crippen LogP) is 2.89. The van der Waals surface area contributed by atoms with Gasteiger partial charge in [0.15, 0.2) is 5.78 Å². The third-order valence-electron chi connectivity index (χ3n) is 3.15. The van der Waals surface area contributed by atoms with E-state index in [-0.39, 0.29) is 23.2 Å². The standard InChI is InChI=1S/C14H22O3/c1-10(2)9-12(14(16)17-3)13(15)11-7-5-4-6-8-11/h9-11H,4-8H2,1-3H3/b12-9-. The first-order valence-corrected chi connectivity index (χ1v) is 6.40. The molecule has 3 nitrogen and oxygen atoms in total. The van der Waals surface area contributed by atoms with Crippen molar-refractivity contribution in [2.24, 2.45) is 11.8 Å². The lowest BCUT2D eigenvalue weighted by Crippen LogP contribution is -2.24. The smallest absolute Gasteiger partial charge is 0.341 e. The van der Waals surface area contributed by atoms with Crippen molar-refractivity contribution in [1.29, 1.82) is 0 Å². The largest absolute Gasteiger partial charge is 0.465 e. The monoisotopic (exact) mass is 238 g/mol. The molecule has 0 unspecified atom stereocenters. The third kappa shape index (κ3) is 3.99. The number of esters is 1. The second-order valence-corrected chi connectivity index (χ2v) is 5.02. The summed E-state index contributed by atoms with van der Waals surface area (Å²) in [6.45, 7) is 3.91. The van der Waals surface area contributed by atoms with Crippen molar-refractivity contribution in [3.05, 3.63) is 11.6 Å². The van der Waals surface area contributed by atoms with Crippen LogP contribution in [0.3, 0.4) is 0 Å². The molecule has 0 heterocycles. The number of hydrogen-bond donors (Lipinski definition) is 0. The quantitative estimate of drug-likeness (QED) is 0.327. The van der Waals surface area contributed by atoms with E-state index < -0.39 is 5.97 Å². The Bertz CT molecular complexity index is 309. The lowest BCUT2D eigenvalue weighted by atomic mass is 9.83. The SMILES string of the molecule is COC(=O)/C(=C\C(C)C)C(=O)C1CCCCC1. The van der Waals surface area contributed by atoms with Crippen LogP contribution in [-0.2, 0) is 14.3 Å². The summed E-state index contributed by atoms with van der Waals surface area (Å²) in [5, 5.41) is 0. The molecule has 1 saturated carbocycles. The summed E-state index contributed by atoms with van der Waals surface area (Å²) in [7, 11) is 1.32. The molecule has 96 valence electrons. The first-order chi connectivity index (χ1) is 8.06. The molecular formula is C14H22O3. The van der Waals surface area contributed by atoms with E-state index in [1.165, 1.54) is 13.5 Å². The van der Waals surface area contributed by atoms with E-state index in [0.717, 1.165) is 25.7 Å². The summed E-state index contributed by atoms with van der Waals surface area (Å²) in [4.78, 5) is 23.9. The molecule has 1 aliphatic rings. The molecule has 0 aromatic heterocycles. The summed E-state index contributed by atoms with van der Waals surface area (Å²) < 4.78 is 4.70. The van der Waals surface area contributed by atoms with Crippen LogP contribution in [0.5, 0.6) is 0 Å². The number of ketones is 1. The van der Waals surface area contributed by atoms with Crippen LogP contribution in [0.25, 0.3) is 0 Å². The van der Waals surface area contributed by atoms with Gasteiger partial charge in [-0.15, -0.1) is 0 Å². The molecule has 1 rings (SSSR count). The van der Waals surface area contributed by atoms with E-state index in [1.807, 2.05) is 13.8 Å². The Hall–Kier alpha value is -1.12. The van der Waals surface area contributed by atoms with Crippen LogP contribution in [0.1, 0.15) is 46.0 Å². The average Bonchev–Trinajstić information content (AvgIpc) is 2.35. The second kappa shape index (κ2) is 6.58. The molecule has 17 heavy (non-hydrogen) atoms. The Morgan fingerprint density at radius 2 is 1.76 bits per heavy atom. The minimum absolute atomic E-state index is 0.0212. The molecule has 0 atom stereocenters. The second-order valence-electron chi connectivity index (χ2n) is 5.02. The van der Waals surface area contributed by atoms with Crippen molar-refractivity contribution in [2.45, 2.75) is 46.0 Å². The molecule has 0 N–H and O–H groups in total. The average molecular weight is 238 g/mol. The Morgan fingerprint density at radius 1 is 1.18 bits per heavy atom. The zero-order chi connectivity index (χ0) is 12.8. The number of methoxy groups -OCH3 is 1. The number of carbonyl (C=O) groups is 2. The minimum Gasteiger partial charge on any atom is -0.465 e. The van der Waals surface area contributed by atoms with Crippen molar-refractivity contribution in [1.82, 2.24) is 0 Å². The Balaban J connectivity index is 2.82. The molecular weight excluding hydrogens is 216 g/mol. The van der Waals surface area contributed by atoms with E-state index >= 15 is 0 Å². The van der Waals surface area contributed by atoms with Gasteiger partial charge in [0.1, 0.15) is 0 Å². The predicted molar refractivity (Wildman–Crippen MR) is 66.5 cm³/mol. The van der Waals surface area contributed by atoms with Crippen LogP contribution in [0, 0.1) is 11.8 Å². The summed E-state index contributed by atoms with van der Waals surface area (Å²) in [6, 6.07) is 0. The highest BCUT2D eigenvalue weighted by Crippen LogP contribution is 2.27. The third-order valence-corrected chi connectivity index (χ3v) is 3.15. The highest BCUT2D eigenvalue weighted by atomic mass is 16.5. The van der Waals surface area contributed by atoms with Crippen LogP contribution in [0.2, 0.25) is 0 Å². The molecule has 0 aromatic rings. The lowest BCUT2D eigenvalue weighted by Gasteiger charge is -2.21. The number of ether oxygens (including phenoxy) is 1. The van der Waals surface area contributed by atoms with Gasteiger partial charge >= 0.3 is 5.97 Å². The van der Waals surface area contributed by atoms with Crippen molar-refractivity contribution in [3.63, 3.8) is 0 Å². The molecule has 0 saturated heterocycles. The van der Waals surface area contributed by atoms with Crippen LogP contribution >= 0.6 is 0 Å². The lowest BCUT2D eigenvalue weighted by molar-refractivity contribution is -0.138. The maximum atomic E-state index is 12.3. The zero-order valence-electron chi connectivity index (χ0n) is 11.0. The first-order valence-electron chi connectivity index (χ1n) is 6.40. The fraction of sp³-hybridized carbons (Fsp3) is 0.714. The van der Waals surface area contributed by atoms with Crippen molar-refractivity contribution >= 4 is 11.8 Å². The van der Waals surface area contributed by atoms with Crippen LogP contribution in [-0.4, -0.2) is 18.9 Å². The van der Waals surface area contributed by atoms with Gasteiger partial charge < -0.3 is 4.74 Å². The molecule has 1 fully saturated rings. The molecule has 0 bridgehead atoms. The van der Waals surface area contributed by atoms with E-state index in [4.69, 9.17) is 4.74 Å². The number of carbonyl (C=O) groups excluding carboxylic acids is 2. The Kier molecular flexibility index (Phi) is 5.39. The first kappa shape index (κ1) is 13.9. The number of allylic oxidation sites excluding steroid dienone is 1. The summed E-state index contributed by atoms with van der Waals surface area (Å²) in [5.41, 5.74) is 0.245. The maximum Gasteiger partial charge on any atom is 0.341 e. The van der Waals surface area contributed by atoms with Crippen molar-refractivity contribution in [2.75, 3.05) is 7.11 Å². The highest BCUT2D eigenvalue weighted by Gasteiger charge is 2.28. The zero-order valence-corrected chi connectivity index (χ0v) is 11.0. The summed E-state index contributed by atoms with van der Waals surface area (Å²) >= 11 is 0. The number of hydrogen-bond acceptors (Lipinski definition) is 3. The van der Waals surface area contributed by atoms with E-state index in [2.05, 4.69) is 0 Å². The van der Waals surface area contributed by atoms with Crippen LogP contribution in [0.4, 0.5) is 0 Å². The Labute approximate surface area is 103 Å². The van der Waals surface area contributed by atoms with Gasteiger partial charge in [-0.1, -0.05) is 39.2 Å². The van der Waals surface area contributed by atoms with Gasteiger partial charge in [0.2, 0.25) is 0 Å². The van der Waals surface area contributed by atoms with Gasteiger partial charge in [-0.05, 0) is 18.8 Å². The molecule has 3 heteroatoms. The molecule has 0 radical (unpaired) electrons. The van der Waals surface area contributed by atoms with Gasteiger partial charge in [-0.25, -0.2) is 4.79 Å². The summed E-state index contributed by atoms with van der Waals surface area (Å²) in [5.74, 6) is -0.316. The molecule has 0 spiro atoms. The molecule has 0 aliphatic heterocycles. The van der Waals surface area contributed by atoms with Crippen LogP contribution < -0.4 is 0 Å². The van der Waals surface area contributed by atoms with E-state index in [9.17, 15) is 9.59 Å². The van der Waals surface area contributed by atoms with Crippen LogP contribution in [0.15, 0.2) is 11.6 Å². The van der Waals surface area contributed by atoms with Gasteiger partial charge in [0.05, 0.1) is 12.7 Å².